The summed E-state index contributed by atoms with van der Waals surface area (Å²) in [7, 11) is 0. The number of hydrogen-bond acceptors (Lipinski definition) is 1. The van der Waals surface area contributed by atoms with E-state index in [0.717, 1.165) is 23.3 Å². The Bertz CT molecular complexity index is 1330. The lowest BCUT2D eigenvalue weighted by molar-refractivity contribution is -0.185. The molecule has 34 heavy (non-hydrogen) atoms. The van der Waals surface area contributed by atoms with Crippen LogP contribution in [0.3, 0.4) is 0 Å². The van der Waals surface area contributed by atoms with Gasteiger partial charge in [0.15, 0.2) is 17.5 Å². The van der Waals surface area contributed by atoms with E-state index in [9.17, 15) is 22.0 Å². The molecule has 0 unspecified atom stereocenters. The van der Waals surface area contributed by atoms with Crippen molar-refractivity contribution in [2.24, 2.45) is 0 Å². The highest BCUT2D eigenvalue weighted by atomic mass is 35.5. The molecule has 0 aliphatic heterocycles. The summed E-state index contributed by atoms with van der Waals surface area (Å²) in [5.74, 6) is -6.73. The van der Waals surface area contributed by atoms with E-state index in [0.29, 0.717) is 17.7 Å². The van der Waals surface area contributed by atoms with Crippen LogP contribution in [0, 0.1) is 30.2 Å². The van der Waals surface area contributed by atoms with Gasteiger partial charge in [-0.15, -0.1) is 0 Å². The van der Waals surface area contributed by atoms with Crippen LogP contribution in [0.1, 0.15) is 11.1 Å². The molecular weight excluding hydrogens is 478 g/mol. The average molecular weight is 493 g/mol. The van der Waals surface area contributed by atoms with E-state index in [-0.39, 0.29) is 16.1 Å². The smallest absolute Gasteiger partial charge is 0.426 e. The molecule has 4 aromatic carbocycles. The van der Waals surface area contributed by atoms with Crippen LogP contribution in [-0.2, 0) is 6.11 Å². The largest absolute Gasteiger partial charge is 0.429 e. The second-order valence-electron chi connectivity index (χ2n) is 7.55. The van der Waals surface area contributed by atoms with Crippen molar-refractivity contribution in [1.29, 1.82) is 0 Å². The van der Waals surface area contributed by atoms with Crippen LogP contribution in [0.15, 0.2) is 72.8 Å². The highest BCUT2D eigenvalue weighted by Gasteiger charge is 2.35. The Morgan fingerprint density at radius 2 is 1.18 bits per heavy atom. The highest BCUT2D eigenvalue weighted by molar-refractivity contribution is 6.33. The summed E-state index contributed by atoms with van der Waals surface area (Å²) in [5, 5.41) is -0.112. The SMILES string of the molecule is Cc1ccc(-c2ccc(-c3ccc(C(F)(F)Oc4cc(F)c(F)c(F)c4)cc3)c(F)c2Cl)cc1. The van der Waals surface area contributed by atoms with Crippen molar-refractivity contribution >= 4 is 11.6 Å². The maximum absolute atomic E-state index is 15.0. The number of alkyl halides is 2. The van der Waals surface area contributed by atoms with Crippen LogP contribution >= 0.6 is 11.6 Å². The number of benzene rings is 4. The molecule has 0 aromatic heterocycles. The van der Waals surface area contributed by atoms with Crippen molar-refractivity contribution < 1.29 is 31.1 Å². The molecule has 0 amide bonds. The standard InChI is InChI=1S/C26H15ClF6O/c1-14-2-4-15(5-3-14)19-10-11-20(24(30)23(19)27)16-6-8-17(9-7-16)26(32,33)34-18-12-21(28)25(31)22(29)13-18/h2-13H,1H3. The Labute approximate surface area is 196 Å². The maximum Gasteiger partial charge on any atom is 0.426 e. The van der Waals surface area contributed by atoms with Crippen LogP contribution in [0.2, 0.25) is 5.02 Å². The van der Waals surface area contributed by atoms with Crippen LogP contribution < -0.4 is 4.74 Å². The summed E-state index contributed by atoms with van der Waals surface area (Å²) in [6.07, 6.45) is -4.00. The molecule has 0 bridgehead atoms. The van der Waals surface area contributed by atoms with Crippen LogP contribution in [0.4, 0.5) is 26.3 Å². The third kappa shape index (κ3) is 4.61. The first-order valence-corrected chi connectivity index (χ1v) is 10.3. The Balaban J connectivity index is 1.61. The van der Waals surface area contributed by atoms with Gasteiger partial charge in [0.1, 0.15) is 11.6 Å². The number of hydrogen-bond donors (Lipinski definition) is 0. The third-order valence-corrected chi connectivity index (χ3v) is 5.55. The van der Waals surface area contributed by atoms with Crippen molar-refractivity contribution in [2.45, 2.75) is 13.0 Å². The van der Waals surface area contributed by atoms with Gasteiger partial charge in [0, 0.05) is 23.3 Å². The van der Waals surface area contributed by atoms with Crippen molar-refractivity contribution in [3.63, 3.8) is 0 Å². The lowest BCUT2D eigenvalue weighted by atomic mass is 9.98. The fraction of sp³-hybridized carbons (Fsp3) is 0.0769. The van der Waals surface area contributed by atoms with Crippen molar-refractivity contribution in [3.05, 3.63) is 112 Å². The molecule has 8 heteroatoms. The molecule has 0 heterocycles. The van der Waals surface area contributed by atoms with Gasteiger partial charge in [-0.05, 0) is 30.2 Å². The molecule has 0 saturated carbocycles. The van der Waals surface area contributed by atoms with E-state index in [1.165, 1.54) is 18.2 Å². The number of ether oxygens (including phenoxy) is 1. The summed E-state index contributed by atoms with van der Waals surface area (Å²) in [6.45, 7) is 1.92. The minimum absolute atomic E-state index is 0.0966. The first kappa shape index (κ1) is 23.7. The van der Waals surface area contributed by atoms with E-state index in [1.54, 1.807) is 6.07 Å². The van der Waals surface area contributed by atoms with E-state index >= 15 is 4.39 Å². The predicted octanol–water partition coefficient (Wildman–Crippen LogP) is 8.67. The Morgan fingerprint density at radius 1 is 0.676 bits per heavy atom. The fourth-order valence-electron chi connectivity index (χ4n) is 3.37. The Morgan fingerprint density at radius 3 is 1.76 bits per heavy atom. The molecule has 0 radical (unpaired) electrons. The highest BCUT2D eigenvalue weighted by Crippen LogP contribution is 2.38. The first-order valence-electron chi connectivity index (χ1n) is 9.94. The first-order chi connectivity index (χ1) is 16.1. The summed E-state index contributed by atoms with van der Waals surface area (Å²) in [6, 6.07) is 15.5. The van der Waals surface area contributed by atoms with Crippen LogP contribution in [0.5, 0.6) is 5.75 Å². The molecule has 0 N–H and O–H groups in total. The van der Waals surface area contributed by atoms with Crippen LogP contribution in [0.25, 0.3) is 22.3 Å². The number of halogens is 7. The molecule has 4 aromatic rings. The molecule has 4 rings (SSSR count). The molecule has 0 atom stereocenters. The molecule has 0 spiro atoms. The zero-order chi connectivity index (χ0) is 24.6. The summed E-state index contributed by atoms with van der Waals surface area (Å²) >= 11 is 6.25. The predicted molar refractivity (Wildman–Crippen MR) is 118 cm³/mol. The molecular formula is C26H15ClF6O. The molecule has 174 valence electrons. The van der Waals surface area contributed by atoms with Crippen molar-refractivity contribution in [3.8, 4) is 28.0 Å². The van der Waals surface area contributed by atoms with E-state index in [4.69, 9.17) is 11.6 Å². The Kier molecular flexibility index (Phi) is 6.32. The van der Waals surface area contributed by atoms with Crippen molar-refractivity contribution in [1.82, 2.24) is 0 Å². The lowest BCUT2D eigenvalue weighted by Crippen LogP contribution is -2.22. The van der Waals surface area contributed by atoms with E-state index in [1.807, 2.05) is 31.2 Å². The zero-order valence-electron chi connectivity index (χ0n) is 17.5. The Hall–Kier alpha value is -3.45. The molecule has 0 saturated heterocycles. The second kappa shape index (κ2) is 9.06. The fourth-order valence-corrected chi connectivity index (χ4v) is 3.64. The topological polar surface area (TPSA) is 9.23 Å². The second-order valence-corrected chi connectivity index (χ2v) is 7.93. The molecule has 0 fully saturated rings. The van der Waals surface area contributed by atoms with Gasteiger partial charge in [-0.25, -0.2) is 17.6 Å². The quantitative estimate of drug-likeness (QED) is 0.200. The van der Waals surface area contributed by atoms with Gasteiger partial charge in [0.2, 0.25) is 0 Å². The summed E-state index contributed by atoms with van der Waals surface area (Å²) < 4.78 is 88.1. The third-order valence-electron chi connectivity index (χ3n) is 5.18. The van der Waals surface area contributed by atoms with Gasteiger partial charge < -0.3 is 4.74 Å². The van der Waals surface area contributed by atoms with Gasteiger partial charge in [-0.2, -0.15) is 8.78 Å². The summed E-state index contributed by atoms with van der Waals surface area (Å²) in [4.78, 5) is 0. The van der Waals surface area contributed by atoms with E-state index < -0.39 is 40.7 Å². The van der Waals surface area contributed by atoms with Gasteiger partial charge in [0.25, 0.3) is 0 Å². The molecule has 0 aliphatic carbocycles. The normalized spacial score (nSPS) is 11.5. The minimum Gasteiger partial charge on any atom is -0.429 e. The van der Waals surface area contributed by atoms with E-state index in [2.05, 4.69) is 4.74 Å². The van der Waals surface area contributed by atoms with Gasteiger partial charge in [-0.3, -0.25) is 0 Å². The lowest BCUT2D eigenvalue weighted by Gasteiger charge is -2.19. The maximum atomic E-state index is 15.0. The van der Waals surface area contributed by atoms with Gasteiger partial charge in [-0.1, -0.05) is 65.7 Å². The average Bonchev–Trinajstić information content (AvgIpc) is 2.80. The molecule has 0 aliphatic rings. The molecule has 1 nitrogen and oxygen atoms in total. The number of aryl methyl sites for hydroxylation is 1. The summed E-state index contributed by atoms with van der Waals surface area (Å²) in [5.41, 5.74) is 1.95. The van der Waals surface area contributed by atoms with Crippen LogP contribution in [-0.4, -0.2) is 0 Å². The monoisotopic (exact) mass is 492 g/mol. The zero-order valence-corrected chi connectivity index (χ0v) is 18.2. The number of rotatable bonds is 5. The minimum atomic E-state index is -4.00. The van der Waals surface area contributed by atoms with Gasteiger partial charge in [0.05, 0.1) is 10.6 Å². The van der Waals surface area contributed by atoms with Gasteiger partial charge >= 0.3 is 6.11 Å². The van der Waals surface area contributed by atoms with Crippen molar-refractivity contribution in [2.75, 3.05) is 0 Å².